The molecule has 118 valence electrons. The number of sulfonamides is 1. The minimum atomic E-state index is -3.72. The zero-order valence-electron chi connectivity index (χ0n) is 12.3. The maximum Gasteiger partial charge on any atom is 0.275 e. The van der Waals surface area contributed by atoms with Gasteiger partial charge in [0, 0.05) is 30.9 Å². The number of carbonyl (C=O) groups is 1. The van der Waals surface area contributed by atoms with Gasteiger partial charge in [-0.3, -0.25) is 4.79 Å². The molecule has 22 heavy (non-hydrogen) atoms. The number of aryl methyl sites for hydroxylation is 1. The summed E-state index contributed by atoms with van der Waals surface area (Å²) < 4.78 is 30.2. The predicted octanol–water partition coefficient (Wildman–Crippen LogP) is 2.74. The average Bonchev–Trinajstić information content (AvgIpc) is 2.84. The van der Waals surface area contributed by atoms with E-state index in [9.17, 15) is 13.2 Å². The number of benzene rings is 1. The fourth-order valence-corrected chi connectivity index (χ4v) is 2.70. The summed E-state index contributed by atoms with van der Waals surface area (Å²) in [5.74, 6) is -0.226. The Morgan fingerprint density at radius 3 is 2.36 bits per heavy atom. The quantitative estimate of drug-likeness (QED) is 0.926. The molecular formula is C14H15ClN2O4S. The van der Waals surface area contributed by atoms with Crippen molar-refractivity contribution in [2.75, 3.05) is 19.4 Å². The Morgan fingerprint density at radius 1 is 1.23 bits per heavy atom. The first-order valence-corrected chi connectivity index (χ1v) is 8.13. The van der Waals surface area contributed by atoms with Crippen molar-refractivity contribution in [2.24, 2.45) is 0 Å². The summed E-state index contributed by atoms with van der Waals surface area (Å²) in [5.41, 5.74) is 0.711. The van der Waals surface area contributed by atoms with Crippen LogP contribution in [0.5, 0.6) is 0 Å². The van der Waals surface area contributed by atoms with Gasteiger partial charge in [-0.15, -0.1) is 0 Å². The monoisotopic (exact) mass is 342 g/mol. The molecule has 0 atom stereocenters. The molecule has 0 saturated heterocycles. The minimum Gasteiger partial charge on any atom is -0.448 e. The molecule has 0 bridgehead atoms. The number of carbonyl (C=O) groups excluding carboxylic acids is 1. The van der Waals surface area contributed by atoms with E-state index in [1.54, 1.807) is 24.3 Å². The van der Waals surface area contributed by atoms with Crippen molar-refractivity contribution in [1.82, 2.24) is 4.31 Å². The number of hydrogen-bond donors (Lipinski definition) is 1. The molecule has 0 radical (unpaired) electrons. The number of furan rings is 1. The van der Waals surface area contributed by atoms with Crippen molar-refractivity contribution in [3.63, 3.8) is 0 Å². The molecule has 1 amide bonds. The van der Waals surface area contributed by atoms with E-state index < -0.39 is 15.9 Å². The third-order valence-corrected chi connectivity index (χ3v) is 4.90. The lowest BCUT2D eigenvalue weighted by molar-refractivity contribution is 0.102. The van der Waals surface area contributed by atoms with Gasteiger partial charge in [-0.1, -0.05) is 11.6 Å². The van der Waals surface area contributed by atoms with Crippen molar-refractivity contribution in [3.05, 3.63) is 46.7 Å². The Kier molecular flexibility index (Phi) is 4.60. The van der Waals surface area contributed by atoms with Crippen molar-refractivity contribution in [1.29, 1.82) is 0 Å². The number of nitrogens with zero attached hydrogens (tertiary/aromatic N) is 1. The molecule has 1 aromatic heterocycles. The van der Waals surface area contributed by atoms with Crippen LogP contribution < -0.4 is 5.32 Å². The summed E-state index contributed by atoms with van der Waals surface area (Å²) in [7, 11) is -0.942. The van der Waals surface area contributed by atoms with Gasteiger partial charge >= 0.3 is 0 Å². The summed E-state index contributed by atoms with van der Waals surface area (Å²) in [6, 6.07) is 7.79. The molecule has 0 aliphatic rings. The van der Waals surface area contributed by atoms with Gasteiger partial charge in [0.1, 0.15) is 5.76 Å². The van der Waals surface area contributed by atoms with Gasteiger partial charge in [0.15, 0.2) is 0 Å². The Hall–Kier alpha value is -1.83. The van der Waals surface area contributed by atoms with E-state index >= 15 is 0 Å². The summed E-state index contributed by atoms with van der Waals surface area (Å²) in [6.07, 6.45) is 0. The fourth-order valence-electron chi connectivity index (χ4n) is 1.72. The highest BCUT2D eigenvalue weighted by Crippen LogP contribution is 2.22. The Labute approximate surface area is 133 Å². The Morgan fingerprint density at radius 2 is 1.82 bits per heavy atom. The highest BCUT2D eigenvalue weighted by molar-refractivity contribution is 7.88. The lowest BCUT2D eigenvalue weighted by Crippen LogP contribution is -2.21. The van der Waals surface area contributed by atoms with Crippen LogP contribution >= 0.6 is 11.6 Å². The van der Waals surface area contributed by atoms with E-state index in [0.29, 0.717) is 10.7 Å². The SMILES string of the molecule is Cc1oc(S(=O)(=O)N(C)C)cc1C(=O)Nc1ccc(Cl)cc1. The fraction of sp³-hybridized carbons (Fsp3) is 0.214. The standard InChI is InChI=1S/C14H15ClN2O4S/c1-9-12(8-13(21-9)22(19,20)17(2)3)14(18)16-11-6-4-10(15)5-7-11/h4-8H,1-3H3,(H,16,18). The van der Waals surface area contributed by atoms with E-state index in [1.807, 2.05) is 0 Å². The van der Waals surface area contributed by atoms with Crippen LogP contribution in [0.4, 0.5) is 5.69 Å². The first-order chi connectivity index (χ1) is 10.2. The van der Waals surface area contributed by atoms with Crippen LogP contribution in [-0.2, 0) is 10.0 Å². The second-order valence-electron chi connectivity index (χ2n) is 4.78. The summed E-state index contributed by atoms with van der Waals surface area (Å²) in [6.45, 7) is 1.53. The zero-order valence-corrected chi connectivity index (χ0v) is 13.8. The van der Waals surface area contributed by atoms with E-state index in [0.717, 1.165) is 4.31 Å². The molecule has 1 N–H and O–H groups in total. The van der Waals surface area contributed by atoms with E-state index in [4.69, 9.17) is 16.0 Å². The van der Waals surface area contributed by atoms with Gasteiger partial charge in [-0.2, -0.15) is 0 Å². The molecule has 0 fully saturated rings. The highest BCUT2D eigenvalue weighted by Gasteiger charge is 2.25. The van der Waals surface area contributed by atoms with Gasteiger partial charge in [0.25, 0.3) is 15.9 Å². The summed E-state index contributed by atoms with van der Waals surface area (Å²) in [4.78, 5) is 12.2. The molecule has 6 nitrogen and oxygen atoms in total. The number of amides is 1. The van der Waals surface area contributed by atoms with Crippen LogP contribution in [0.3, 0.4) is 0 Å². The molecule has 0 unspecified atom stereocenters. The molecule has 0 aliphatic heterocycles. The molecule has 0 saturated carbocycles. The van der Waals surface area contributed by atoms with Crippen LogP contribution in [0.2, 0.25) is 5.02 Å². The topological polar surface area (TPSA) is 79.6 Å². The van der Waals surface area contributed by atoms with Crippen molar-refractivity contribution in [3.8, 4) is 0 Å². The van der Waals surface area contributed by atoms with Crippen LogP contribution in [0, 0.1) is 6.92 Å². The van der Waals surface area contributed by atoms with Gasteiger partial charge in [-0.05, 0) is 31.2 Å². The number of halogens is 1. The lowest BCUT2D eigenvalue weighted by atomic mass is 10.2. The molecular weight excluding hydrogens is 328 g/mol. The maximum absolute atomic E-state index is 12.2. The van der Waals surface area contributed by atoms with Gasteiger partial charge in [-0.25, -0.2) is 12.7 Å². The number of hydrogen-bond acceptors (Lipinski definition) is 4. The van der Waals surface area contributed by atoms with Crippen LogP contribution in [0.15, 0.2) is 39.8 Å². The smallest absolute Gasteiger partial charge is 0.275 e. The molecule has 0 aliphatic carbocycles. The van der Waals surface area contributed by atoms with Crippen molar-refractivity contribution in [2.45, 2.75) is 12.0 Å². The minimum absolute atomic E-state index is 0.162. The van der Waals surface area contributed by atoms with E-state index in [1.165, 1.54) is 27.1 Å². The van der Waals surface area contributed by atoms with Crippen LogP contribution in [0.25, 0.3) is 0 Å². The number of nitrogens with one attached hydrogen (secondary N) is 1. The van der Waals surface area contributed by atoms with Gasteiger partial charge < -0.3 is 9.73 Å². The maximum atomic E-state index is 12.2. The highest BCUT2D eigenvalue weighted by atomic mass is 35.5. The summed E-state index contributed by atoms with van der Waals surface area (Å²) >= 11 is 5.77. The molecule has 0 spiro atoms. The first kappa shape index (κ1) is 16.5. The average molecular weight is 343 g/mol. The predicted molar refractivity (Wildman–Crippen MR) is 83.7 cm³/mol. The Bertz CT molecular complexity index is 795. The number of rotatable bonds is 4. The third-order valence-electron chi connectivity index (χ3n) is 2.98. The van der Waals surface area contributed by atoms with E-state index in [-0.39, 0.29) is 16.4 Å². The van der Waals surface area contributed by atoms with Gasteiger partial charge in [0.2, 0.25) is 5.09 Å². The Balaban J connectivity index is 2.28. The molecule has 1 heterocycles. The zero-order chi connectivity index (χ0) is 16.5. The van der Waals surface area contributed by atoms with Gasteiger partial charge in [0.05, 0.1) is 5.56 Å². The molecule has 2 rings (SSSR count). The number of anilines is 1. The second kappa shape index (κ2) is 6.12. The first-order valence-electron chi connectivity index (χ1n) is 6.31. The largest absolute Gasteiger partial charge is 0.448 e. The summed E-state index contributed by atoms with van der Waals surface area (Å²) in [5, 5.41) is 2.94. The molecule has 2 aromatic rings. The second-order valence-corrected chi connectivity index (χ2v) is 7.30. The van der Waals surface area contributed by atoms with Crippen molar-refractivity contribution < 1.29 is 17.6 Å². The normalized spacial score (nSPS) is 11.7. The third kappa shape index (κ3) is 3.32. The lowest BCUT2D eigenvalue weighted by Gasteiger charge is -2.07. The molecule has 8 heteroatoms. The van der Waals surface area contributed by atoms with Crippen LogP contribution in [0.1, 0.15) is 16.1 Å². The molecule has 1 aromatic carbocycles. The van der Waals surface area contributed by atoms with E-state index in [2.05, 4.69) is 5.32 Å². The van der Waals surface area contributed by atoms with Crippen molar-refractivity contribution >= 4 is 33.2 Å². The van der Waals surface area contributed by atoms with Crippen LogP contribution in [-0.4, -0.2) is 32.7 Å².